The smallest absolute Gasteiger partial charge is 0.340 e. The zero-order valence-corrected chi connectivity index (χ0v) is 18.6. The third-order valence-electron chi connectivity index (χ3n) is 4.53. The first-order valence-corrected chi connectivity index (χ1v) is 10.9. The van der Waals surface area contributed by atoms with E-state index in [0.717, 1.165) is 22.2 Å². The van der Waals surface area contributed by atoms with Crippen molar-refractivity contribution in [2.45, 2.75) is 26.4 Å². The molecular weight excluding hydrogens is 414 g/mol. The minimum Gasteiger partial charge on any atom is -0.456 e. The number of nitrogens with one attached hydrogen (secondary N) is 1. The molecule has 30 heavy (non-hydrogen) atoms. The Morgan fingerprint density at radius 2 is 1.77 bits per heavy atom. The summed E-state index contributed by atoms with van der Waals surface area (Å²) in [6.45, 7) is 5.59. The quantitative estimate of drug-likeness (QED) is 0.331. The Kier molecular flexibility index (Phi) is 5.54. The number of benzene rings is 3. The third-order valence-corrected chi connectivity index (χ3v) is 5.66. The number of ether oxygens (including phenoxy) is 1. The highest BCUT2D eigenvalue weighted by Crippen LogP contribution is 2.32. The van der Waals surface area contributed by atoms with Crippen LogP contribution in [0.2, 0.25) is 5.02 Å². The third kappa shape index (κ3) is 4.66. The van der Waals surface area contributed by atoms with E-state index in [1.165, 1.54) is 4.70 Å². The Labute approximate surface area is 185 Å². The number of anilines is 2. The van der Waals surface area contributed by atoms with Crippen molar-refractivity contribution >= 4 is 50.4 Å². The lowest BCUT2D eigenvalue weighted by atomic mass is 10.0. The van der Waals surface area contributed by atoms with E-state index in [2.05, 4.69) is 28.9 Å². The van der Waals surface area contributed by atoms with E-state index in [-0.39, 0.29) is 5.97 Å². The SMILES string of the molecule is CC(C)(C)OC(=O)c1ccc(-c2cccc(Cl)c2)cc1Nc1ccc2sccc2c1. The minimum atomic E-state index is -0.574. The Hall–Kier alpha value is -2.82. The van der Waals surface area contributed by atoms with Crippen molar-refractivity contribution in [3.05, 3.63) is 82.7 Å². The summed E-state index contributed by atoms with van der Waals surface area (Å²) < 4.78 is 6.85. The molecule has 152 valence electrons. The highest BCUT2D eigenvalue weighted by molar-refractivity contribution is 7.17. The van der Waals surface area contributed by atoms with E-state index >= 15 is 0 Å². The van der Waals surface area contributed by atoms with Gasteiger partial charge in [0, 0.05) is 15.4 Å². The fraction of sp³-hybridized carbons (Fsp3) is 0.160. The number of carbonyl (C=O) groups is 1. The Morgan fingerprint density at radius 1 is 0.967 bits per heavy atom. The van der Waals surface area contributed by atoms with Gasteiger partial charge in [0.25, 0.3) is 0 Å². The normalized spacial score (nSPS) is 11.5. The van der Waals surface area contributed by atoms with E-state index in [9.17, 15) is 4.79 Å². The van der Waals surface area contributed by atoms with E-state index in [4.69, 9.17) is 16.3 Å². The number of rotatable bonds is 4. The summed E-state index contributed by atoms with van der Waals surface area (Å²) in [6.07, 6.45) is 0. The van der Waals surface area contributed by atoms with Crippen LogP contribution in [-0.2, 0) is 4.74 Å². The standard InChI is InChI=1S/C25H22ClNO2S/c1-25(2,3)29-24(28)21-9-7-17(16-5-4-6-19(26)13-16)15-22(21)27-20-8-10-23-18(14-20)11-12-30-23/h4-15,27H,1-3H3. The van der Waals surface area contributed by atoms with Gasteiger partial charge in [0.1, 0.15) is 5.60 Å². The van der Waals surface area contributed by atoms with Gasteiger partial charge in [-0.2, -0.15) is 0 Å². The van der Waals surface area contributed by atoms with Crippen LogP contribution in [0, 0.1) is 0 Å². The fourth-order valence-corrected chi connectivity index (χ4v) is 4.17. The minimum absolute atomic E-state index is 0.362. The van der Waals surface area contributed by atoms with Crippen molar-refractivity contribution in [1.29, 1.82) is 0 Å². The van der Waals surface area contributed by atoms with Gasteiger partial charge in [-0.1, -0.05) is 29.8 Å². The molecule has 3 nitrogen and oxygen atoms in total. The monoisotopic (exact) mass is 435 g/mol. The zero-order chi connectivity index (χ0) is 21.3. The molecule has 5 heteroatoms. The van der Waals surface area contributed by atoms with Crippen molar-refractivity contribution in [3.63, 3.8) is 0 Å². The zero-order valence-electron chi connectivity index (χ0n) is 17.0. The molecule has 0 saturated carbocycles. The van der Waals surface area contributed by atoms with Gasteiger partial charge in [-0.15, -0.1) is 11.3 Å². The largest absolute Gasteiger partial charge is 0.456 e. The lowest BCUT2D eigenvalue weighted by Crippen LogP contribution is -2.24. The Balaban J connectivity index is 1.76. The molecule has 0 radical (unpaired) electrons. The molecule has 0 unspecified atom stereocenters. The van der Waals surface area contributed by atoms with Gasteiger partial charge in [0.2, 0.25) is 0 Å². The van der Waals surface area contributed by atoms with Gasteiger partial charge >= 0.3 is 5.97 Å². The van der Waals surface area contributed by atoms with Gasteiger partial charge in [-0.3, -0.25) is 0 Å². The molecule has 1 N–H and O–H groups in total. The van der Waals surface area contributed by atoms with Crippen LogP contribution in [-0.4, -0.2) is 11.6 Å². The molecule has 0 aliphatic carbocycles. The average Bonchev–Trinajstić information content (AvgIpc) is 3.14. The van der Waals surface area contributed by atoms with Crippen molar-refractivity contribution in [3.8, 4) is 11.1 Å². The summed E-state index contributed by atoms with van der Waals surface area (Å²) in [5.41, 5.74) is 3.46. The first kappa shape index (κ1) is 20.5. The van der Waals surface area contributed by atoms with Crippen LogP contribution in [0.25, 0.3) is 21.2 Å². The second kappa shape index (κ2) is 8.13. The molecule has 0 aliphatic rings. The number of hydrogen-bond donors (Lipinski definition) is 1. The number of esters is 1. The van der Waals surface area contributed by atoms with E-state index in [1.54, 1.807) is 17.4 Å². The number of halogens is 1. The average molecular weight is 436 g/mol. The van der Waals surface area contributed by atoms with Gasteiger partial charge in [-0.05, 0) is 91.2 Å². The first-order chi connectivity index (χ1) is 14.3. The topological polar surface area (TPSA) is 38.3 Å². The van der Waals surface area contributed by atoms with E-state index in [1.807, 2.05) is 63.2 Å². The lowest BCUT2D eigenvalue weighted by molar-refractivity contribution is 0.00708. The molecule has 1 heterocycles. The van der Waals surface area contributed by atoms with Crippen LogP contribution < -0.4 is 5.32 Å². The second-order valence-corrected chi connectivity index (χ2v) is 9.45. The number of thiophene rings is 1. The maximum Gasteiger partial charge on any atom is 0.340 e. The molecule has 1 aromatic heterocycles. The van der Waals surface area contributed by atoms with Crippen LogP contribution >= 0.6 is 22.9 Å². The van der Waals surface area contributed by atoms with Crippen molar-refractivity contribution in [2.75, 3.05) is 5.32 Å². The van der Waals surface area contributed by atoms with E-state index in [0.29, 0.717) is 16.3 Å². The Morgan fingerprint density at radius 3 is 2.53 bits per heavy atom. The first-order valence-electron chi connectivity index (χ1n) is 9.66. The molecule has 4 aromatic rings. The second-order valence-electron chi connectivity index (χ2n) is 8.07. The predicted octanol–water partition coefficient (Wildman–Crippen LogP) is 7.92. The summed E-state index contributed by atoms with van der Waals surface area (Å²) in [5.74, 6) is -0.362. The fourth-order valence-electron chi connectivity index (χ4n) is 3.21. The highest BCUT2D eigenvalue weighted by atomic mass is 35.5. The van der Waals surface area contributed by atoms with Crippen molar-refractivity contribution in [1.82, 2.24) is 0 Å². The molecule has 0 fully saturated rings. The summed E-state index contributed by atoms with van der Waals surface area (Å²) in [5, 5.41) is 7.32. The molecule has 0 bridgehead atoms. The highest BCUT2D eigenvalue weighted by Gasteiger charge is 2.21. The summed E-state index contributed by atoms with van der Waals surface area (Å²) >= 11 is 7.88. The maximum atomic E-state index is 12.9. The molecule has 4 rings (SSSR count). The molecular formula is C25H22ClNO2S. The van der Waals surface area contributed by atoms with E-state index < -0.39 is 5.60 Å². The molecule has 0 spiro atoms. The lowest BCUT2D eigenvalue weighted by Gasteiger charge is -2.21. The molecule has 0 atom stereocenters. The van der Waals surface area contributed by atoms with Crippen LogP contribution in [0.4, 0.5) is 11.4 Å². The van der Waals surface area contributed by atoms with Gasteiger partial charge in [-0.25, -0.2) is 4.79 Å². The number of hydrogen-bond acceptors (Lipinski definition) is 4. The van der Waals surface area contributed by atoms with Crippen LogP contribution in [0.1, 0.15) is 31.1 Å². The van der Waals surface area contributed by atoms with Crippen LogP contribution in [0.5, 0.6) is 0 Å². The number of carbonyl (C=O) groups excluding carboxylic acids is 1. The molecule has 0 saturated heterocycles. The van der Waals surface area contributed by atoms with Crippen LogP contribution in [0.15, 0.2) is 72.1 Å². The molecule has 0 amide bonds. The predicted molar refractivity (Wildman–Crippen MR) is 127 cm³/mol. The summed E-state index contributed by atoms with van der Waals surface area (Å²) in [6, 6.07) is 21.6. The van der Waals surface area contributed by atoms with Crippen molar-refractivity contribution < 1.29 is 9.53 Å². The maximum absolute atomic E-state index is 12.9. The van der Waals surface area contributed by atoms with Crippen LogP contribution in [0.3, 0.4) is 0 Å². The summed E-state index contributed by atoms with van der Waals surface area (Å²) in [4.78, 5) is 12.9. The van der Waals surface area contributed by atoms with Gasteiger partial charge in [0.05, 0.1) is 11.3 Å². The van der Waals surface area contributed by atoms with Crippen molar-refractivity contribution in [2.24, 2.45) is 0 Å². The molecule has 3 aromatic carbocycles. The summed E-state index contributed by atoms with van der Waals surface area (Å²) in [7, 11) is 0. The Bertz CT molecular complexity index is 1220. The molecule has 0 aliphatic heterocycles. The number of fused-ring (bicyclic) bond motifs is 1. The van der Waals surface area contributed by atoms with Gasteiger partial charge < -0.3 is 10.1 Å². The van der Waals surface area contributed by atoms with Gasteiger partial charge in [0.15, 0.2) is 0 Å².